The molecule has 0 aliphatic heterocycles. The molecule has 2 rings (SSSR count). The van der Waals surface area contributed by atoms with Gasteiger partial charge in [0.1, 0.15) is 6.33 Å². The van der Waals surface area contributed by atoms with Gasteiger partial charge in [0, 0.05) is 0 Å². The summed E-state index contributed by atoms with van der Waals surface area (Å²) in [7, 11) is 0. The molecular weight excluding hydrogens is 240 g/mol. The number of halogens is 1. The molecule has 1 heterocycles. The highest BCUT2D eigenvalue weighted by molar-refractivity contribution is 6.32. The van der Waals surface area contributed by atoms with E-state index in [-0.39, 0.29) is 5.69 Å². The number of aryl methyl sites for hydroxylation is 1. The summed E-state index contributed by atoms with van der Waals surface area (Å²) in [4.78, 5) is 14.8. The first-order chi connectivity index (χ1) is 8.02. The number of benzene rings is 1. The molecule has 88 valence electrons. The third-order valence-electron chi connectivity index (χ3n) is 2.64. The first-order valence-corrected chi connectivity index (χ1v) is 5.43. The van der Waals surface area contributed by atoms with E-state index >= 15 is 0 Å². The number of nitrogens with zero attached hydrogens (tertiary/aromatic N) is 2. The standard InChI is InChI=1S/C12H11ClN2O2/c1-7-4-3-5-9(13)11(7)15-6-14-10(8(15)2)12(16)17/h3-6H,1-2H3,(H,16,17). The lowest BCUT2D eigenvalue weighted by Gasteiger charge is -2.10. The highest BCUT2D eigenvalue weighted by atomic mass is 35.5. The topological polar surface area (TPSA) is 55.1 Å². The van der Waals surface area contributed by atoms with Crippen molar-refractivity contribution >= 4 is 17.6 Å². The Hall–Kier alpha value is -1.81. The van der Waals surface area contributed by atoms with Gasteiger partial charge in [0.15, 0.2) is 5.69 Å². The molecule has 0 aliphatic rings. The molecule has 0 amide bonds. The van der Waals surface area contributed by atoms with Crippen molar-refractivity contribution in [1.29, 1.82) is 0 Å². The van der Waals surface area contributed by atoms with Gasteiger partial charge < -0.3 is 9.67 Å². The molecule has 1 aromatic carbocycles. The number of para-hydroxylation sites is 1. The Bertz CT molecular complexity index is 570. The molecule has 1 N–H and O–H groups in total. The fourth-order valence-electron chi connectivity index (χ4n) is 1.77. The first-order valence-electron chi connectivity index (χ1n) is 5.05. The Balaban J connectivity index is 2.66. The minimum absolute atomic E-state index is 0.0457. The van der Waals surface area contributed by atoms with Crippen LogP contribution < -0.4 is 0 Å². The predicted octanol–water partition coefficient (Wildman–Crippen LogP) is 2.84. The van der Waals surface area contributed by atoms with Crippen molar-refractivity contribution in [3.8, 4) is 5.69 Å². The second-order valence-electron chi connectivity index (χ2n) is 3.76. The maximum absolute atomic E-state index is 10.9. The van der Waals surface area contributed by atoms with Gasteiger partial charge in [-0.15, -0.1) is 0 Å². The van der Waals surface area contributed by atoms with Gasteiger partial charge in [0.25, 0.3) is 0 Å². The largest absolute Gasteiger partial charge is 0.476 e. The van der Waals surface area contributed by atoms with E-state index in [9.17, 15) is 4.79 Å². The quantitative estimate of drug-likeness (QED) is 0.892. The van der Waals surface area contributed by atoms with Crippen LogP contribution in [0.3, 0.4) is 0 Å². The number of aromatic nitrogens is 2. The van der Waals surface area contributed by atoms with Gasteiger partial charge >= 0.3 is 5.97 Å². The fraction of sp³-hybridized carbons (Fsp3) is 0.167. The van der Waals surface area contributed by atoms with E-state index in [2.05, 4.69) is 4.98 Å². The molecule has 0 fully saturated rings. The Labute approximate surface area is 103 Å². The Morgan fingerprint density at radius 2 is 2.12 bits per heavy atom. The average Bonchev–Trinajstić information content (AvgIpc) is 2.61. The van der Waals surface area contributed by atoms with E-state index in [1.165, 1.54) is 6.33 Å². The molecule has 0 saturated carbocycles. The van der Waals surface area contributed by atoms with Crippen molar-refractivity contribution in [3.05, 3.63) is 46.5 Å². The highest BCUT2D eigenvalue weighted by Gasteiger charge is 2.16. The van der Waals surface area contributed by atoms with Crippen molar-refractivity contribution in [2.75, 3.05) is 0 Å². The second kappa shape index (κ2) is 4.22. The van der Waals surface area contributed by atoms with Gasteiger partial charge in [-0.1, -0.05) is 23.7 Å². The number of hydrogen-bond acceptors (Lipinski definition) is 2. The number of rotatable bonds is 2. The lowest BCUT2D eigenvalue weighted by molar-refractivity contribution is 0.0690. The molecule has 0 atom stereocenters. The number of aromatic carboxylic acids is 1. The van der Waals surface area contributed by atoms with Crippen LogP contribution in [0.15, 0.2) is 24.5 Å². The van der Waals surface area contributed by atoms with E-state index in [1.807, 2.05) is 19.1 Å². The summed E-state index contributed by atoms with van der Waals surface area (Å²) in [5.74, 6) is -1.04. The SMILES string of the molecule is Cc1cccc(Cl)c1-n1cnc(C(=O)O)c1C. The lowest BCUT2D eigenvalue weighted by Crippen LogP contribution is -2.03. The third-order valence-corrected chi connectivity index (χ3v) is 2.94. The van der Waals surface area contributed by atoms with Gasteiger partial charge in [0.2, 0.25) is 0 Å². The number of hydrogen-bond donors (Lipinski definition) is 1. The zero-order valence-corrected chi connectivity index (χ0v) is 10.2. The lowest BCUT2D eigenvalue weighted by atomic mass is 10.2. The normalized spacial score (nSPS) is 10.5. The average molecular weight is 251 g/mol. The molecule has 0 radical (unpaired) electrons. The smallest absolute Gasteiger partial charge is 0.356 e. The Kier molecular flexibility index (Phi) is 2.90. The summed E-state index contributed by atoms with van der Waals surface area (Å²) in [6, 6.07) is 5.54. The van der Waals surface area contributed by atoms with Crippen LogP contribution in [0.5, 0.6) is 0 Å². The van der Waals surface area contributed by atoms with Crippen LogP contribution in [-0.2, 0) is 0 Å². The van der Waals surface area contributed by atoms with Gasteiger partial charge in [0.05, 0.1) is 16.4 Å². The highest BCUT2D eigenvalue weighted by Crippen LogP contribution is 2.25. The molecule has 2 aromatic rings. The summed E-state index contributed by atoms with van der Waals surface area (Å²) >= 11 is 6.13. The number of carboxylic acid groups (broad SMARTS) is 1. The van der Waals surface area contributed by atoms with Crippen LogP contribution in [-0.4, -0.2) is 20.6 Å². The monoisotopic (exact) mass is 250 g/mol. The predicted molar refractivity (Wildman–Crippen MR) is 65.0 cm³/mol. The summed E-state index contributed by atoms with van der Waals surface area (Å²) in [6.45, 7) is 3.63. The molecular formula is C12H11ClN2O2. The fourth-order valence-corrected chi connectivity index (χ4v) is 2.09. The van der Waals surface area contributed by atoms with Gasteiger partial charge in [-0.2, -0.15) is 0 Å². The molecule has 4 nitrogen and oxygen atoms in total. The Morgan fingerprint density at radius 3 is 2.65 bits per heavy atom. The van der Waals surface area contributed by atoms with Crippen LogP contribution in [0.2, 0.25) is 5.02 Å². The number of carboxylic acids is 1. The maximum atomic E-state index is 10.9. The van der Waals surface area contributed by atoms with E-state index in [0.29, 0.717) is 10.7 Å². The molecule has 17 heavy (non-hydrogen) atoms. The summed E-state index contributed by atoms with van der Waals surface area (Å²) in [6.07, 6.45) is 1.48. The maximum Gasteiger partial charge on any atom is 0.356 e. The van der Waals surface area contributed by atoms with Crippen LogP contribution >= 0.6 is 11.6 Å². The Morgan fingerprint density at radius 1 is 1.41 bits per heavy atom. The van der Waals surface area contributed by atoms with Crippen molar-refractivity contribution in [3.63, 3.8) is 0 Å². The molecule has 1 aromatic heterocycles. The van der Waals surface area contributed by atoms with E-state index in [4.69, 9.17) is 16.7 Å². The van der Waals surface area contributed by atoms with Gasteiger partial charge in [-0.05, 0) is 25.5 Å². The van der Waals surface area contributed by atoms with Crippen LogP contribution in [0.25, 0.3) is 5.69 Å². The minimum Gasteiger partial charge on any atom is -0.476 e. The third kappa shape index (κ3) is 1.91. The molecule has 0 spiro atoms. The van der Waals surface area contributed by atoms with Gasteiger partial charge in [-0.25, -0.2) is 9.78 Å². The van der Waals surface area contributed by atoms with Crippen molar-refractivity contribution in [2.45, 2.75) is 13.8 Å². The zero-order chi connectivity index (χ0) is 12.6. The van der Waals surface area contributed by atoms with Crippen LogP contribution in [0.4, 0.5) is 0 Å². The van der Waals surface area contributed by atoms with Gasteiger partial charge in [-0.3, -0.25) is 0 Å². The van der Waals surface area contributed by atoms with Crippen molar-refractivity contribution < 1.29 is 9.90 Å². The van der Waals surface area contributed by atoms with Crippen molar-refractivity contribution in [1.82, 2.24) is 9.55 Å². The van der Waals surface area contributed by atoms with E-state index < -0.39 is 5.97 Å². The summed E-state index contributed by atoms with van der Waals surface area (Å²) in [5, 5.41) is 9.53. The van der Waals surface area contributed by atoms with E-state index in [0.717, 1.165) is 11.3 Å². The van der Waals surface area contributed by atoms with Crippen LogP contribution in [0, 0.1) is 13.8 Å². The van der Waals surface area contributed by atoms with E-state index in [1.54, 1.807) is 17.6 Å². The molecule has 5 heteroatoms. The number of imidazole rings is 1. The van der Waals surface area contributed by atoms with Crippen molar-refractivity contribution in [2.24, 2.45) is 0 Å². The molecule has 0 saturated heterocycles. The number of carbonyl (C=O) groups is 1. The second-order valence-corrected chi connectivity index (χ2v) is 4.17. The minimum atomic E-state index is -1.04. The first kappa shape index (κ1) is 11.7. The molecule has 0 unspecified atom stereocenters. The molecule has 0 bridgehead atoms. The molecule has 0 aliphatic carbocycles. The summed E-state index contributed by atoms with van der Waals surface area (Å²) < 4.78 is 1.70. The zero-order valence-electron chi connectivity index (χ0n) is 9.44. The summed E-state index contributed by atoms with van der Waals surface area (Å²) in [5.41, 5.74) is 2.35. The van der Waals surface area contributed by atoms with Crippen LogP contribution in [0.1, 0.15) is 21.7 Å².